The first-order valence-electron chi connectivity index (χ1n) is 6.80. The van der Waals surface area contributed by atoms with E-state index >= 15 is 0 Å². The van der Waals surface area contributed by atoms with Crippen molar-refractivity contribution >= 4 is 6.09 Å². The van der Waals surface area contributed by atoms with Crippen LogP contribution in [-0.2, 0) is 9.47 Å². The number of carbonyl (C=O) groups is 1. The maximum atomic E-state index is 11.8. The van der Waals surface area contributed by atoms with Crippen molar-refractivity contribution in [1.29, 1.82) is 0 Å². The van der Waals surface area contributed by atoms with Crippen LogP contribution in [0.5, 0.6) is 0 Å². The molecular formula is C14H25NO3. The fourth-order valence-electron chi connectivity index (χ4n) is 3.13. The first-order valence-corrected chi connectivity index (χ1v) is 6.80. The summed E-state index contributed by atoms with van der Waals surface area (Å²) in [5, 5.41) is 0. The molecule has 1 saturated carbocycles. The number of hydrogen-bond donors (Lipinski definition) is 0. The second kappa shape index (κ2) is 4.72. The van der Waals surface area contributed by atoms with Crippen LogP contribution in [0.25, 0.3) is 0 Å². The Morgan fingerprint density at radius 3 is 2.44 bits per heavy atom. The van der Waals surface area contributed by atoms with Gasteiger partial charge in [-0.25, -0.2) is 4.79 Å². The molecule has 0 aromatic heterocycles. The fourth-order valence-corrected chi connectivity index (χ4v) is 3.13. The predicted octanol–water partition coefficient (Wildman–Crippen LogP) is 2.67. The molecule has 0 bridgehead atoms. The van der Waals surface area contributed by atoms with E-state index in [0.29, 0.717) is 5.41 Å². The van der Waals surface area contributed by atoms with Crippen LogP contribution in [0.2, 0.25) is 0 Å². The molecule has 0 radical (unpaired) electrons. The summed E-state index contributed by atoms with van der Waals surface area (Å²) in [5.41, 5.74) is 0.0236. The highest BCUT2D eigenvalue weighted by Gasteiger charge is 2.53. The average molecular weight is 255 g/mol. The van der Waals surface area contributed by atoms with Crippen LogP contribution in [-0.4, -0.2) is 43.4 Å². The zero-order valence-corrected chi connectivity index (χ0v) is 12.0. The summed E-state index contributed by atoms with van der Waals surface area (Å²) in [6, 6.07) is 0. The molecule has 1 saturated heterocycles. The minimum absolute atomic E-state index is 0.159. The summed E-state index contributed by atoms with van der Waals surface area (Å²) < 4.78 is 10.5. The van der Waals surface area contributed by atoms with Gasteiger partial charge >= 0.3 is 6.09 Å². The first kappa shape index (κ1) is 13.7. The SMILES string of the molecule is COCCC1CC2(C1)CN(C(=O)OC(C)(C)C)C2. The van der Waals surface area contributed by atoms with E-state index in [1.165, 1.54) is 12.8 Å². The minimum atomic E-state index is -0.388. The molecule has 2 fully saturated rings. The van der Waals surface area contributed by atoms with Gasteiger partial charge in [0, 0.05) is 32.2 Å². The highest BCUT2D eigenvalue weighted by molar-refractivity contribution is 5.69. The van der Waals surface area contributed by atoms with E-state index in [9.17, 15) is 4.79 Å². The number of carbonyl (C=O) groups excluding carboxylic acids is 1. The fraction of sp³-hybridized carbons (Fsp3) is 0.929. The first-order chi connectivity index (χ1) is 8.34. The summed E-state index contributed by atoms with van der Waals surface area (Å²) >= 11 is 0. The van der Waals surface area contributed by atoms with Gasteiger partial charge in [-0.2, -0.15) is 0 Å². The Kier molecular flexibility index (Phi) is 3.58. The van der Waals surface area contributed by atoms with Crippen molar-refractivity contribution in [2.24, 2.45) is 11.3 Å². The van der Waals surface area contributed by atoms with Crippen molar-refractivity contribution in [3.05, 3.63) is 0 Å². The number of likely N-dealkylation sites (tertiary alicyclic amines) is 1. The molecule has 18 heavy (non-hydrogen) atoms. The maximum Gasteiger partial charge on any atom is 0.410 e. The molecule has 0 N–H and O–H groups in total. The third-order valence-electron chi connectivity index (χ3n) is 3.88. The molecule has 1 aliphatic heterocycles. The molecule has 104 valence electrons. The number of ether oxygens (including phenoxy) is 2. The normalized spacial score (nSPS) is 22.6. The maximum absolute atomic E-state index is 11.8. The van der Waals surface area contributed by atoms with Gasteiger partial charge in [0.1, 0.15) is 5.60 Å². The van der Waals surface area contributed by atoms with Crippen LogP contribution in [0, 0.1) is 11.3 Å². The van der Waals surface area contributed by atoms with E-state index in [1.54, 1.807) is 7.11 Å². The minimum Gasteiger partial charge on any atom is -0.444 e. The molecule has 1 spiro atoms. The van der Waals surface area contributed by atoms with Crippen molar-refractivity contribution in [1.82, 2.24) is 4.90 Å². The second-order valence-electron chi connectivity index (χ2n) is 6.89. The van der Waals surface area contributed by atoms with Crippen LogP contribution in [0.4, 0.5) is 4.79 Å². The lowest BCUT2D eigenvalue weighted by atomic mass is 9.57. The van der Waals surface area contributed by atoms with Crippen molar-refractivity contribution in [2.75, 3.05) is 26.8 Å². The van der Waals surface area contributed by atoms with E-state index in [0.717, 1.165) is 32.0 Å². The largest absolute Gasteiger partial charge is 0.444 e. The van der Waals surface area contributed by atoms with Gasteiger partial charge in [-0.3, -0.25) is 0 Å². The predicted molar refractivity (Wildman–Crippen MR) is 69.5 cm³/mol. The number of amides is 1. The number of hydrogen-bond acceptors (Lipinski definition) is 3. The van der Waals surface area contributed by atoms with E-state index in [-0.39, 0.29) is 11.7 Å². The third kappa shape index (κ3) is 2.97. The van der Waals surface area contributed by atoms with Gasteiger partial charge in [0.2, 0.25) is 0 Å². The molecule has 1 aliphatic carbocycles. The molecule has 1 heterocycles. The van der Waals surface area contributed by atoms with Crippen LogP contribution in [0.1, 0.15) is 40.0 Å². The standard InChI is InChI=1S/C14H25NO3/c1-13(2,3)18-12(16)15-9-14(10-15)7-11(8-14)5-6-17-4/h11H,5-10H2,1-4H3. The van der Waals surface area contributed by atoms with Crippen molar-refractivity contribution in [2.45, 2.75) is 45.6 Å². The van der Waals surface area contributed by atoms with Gasteiger partial charge in [0.25, 0.3) is 0 Å². The topological polar surface area (TPSA) is 38.8 Å². The van der Waals surface area contributed by atoms with Crippen LogP contribution >= 0.6 is 0 Å². The van der Waals surface area contributed by atoms with Gasteiger partial charge in [-0.05, 0) is 46.0 Å². The number of rotatable bonds is 3. The lowest BCUT2D eigenvalue weighted by molar-refractivity contribution is -0.0992. The Labute approximate surface area is 110 Å². The second-order valence-corrected chi connectivity index (χ2v) is 6.89. The Balaban J connectivity index is 1.67. The van der Waals surface area contributed by atoms with Gasteiger partial charge in [-0.15, -0.1) is 0 Å². The Morgan fingerprint density at radius 2 is 1.94 bits per heavy atom. The Bertz CT molecular complexity index is 307. The van der Waals surface area contributed by atoms with E-state index in [2.05, 4.69) is 0 Å². The molecule has 4 heteroatoms. The average Bonchev–Trinajstić information content (AvgIpc) is 2.09. The zero-order chi connectivity index (χ0) is 13.4. The molecule has 2 aliphatic rings. The smallest absolute Gasteiger partial charge is 0.410 e. The molecule has 2 rings (SSSR count). The van der Waals surface area contributed by atoms with Crippen molar-refractivity contribution in [3.8, 4) is 0 Å². The van der Waals surface area contributed by atoms with Gasteiger partial charge in [-0.1, -0.05) is 0 Å². The summed E-state index contributed by atoms with van der Waals surface area (Å²) in [6.45, 7) is 8.34. The molecule has 0 unspecified atom stereocenters. The highest BCUT2D eigenvalue weighted by atomic mass is 16.6. The molecule has 1 amide bonds. The molecular weight excluding hydrogens is 230 g/mol. The van der Waals surface area contributed by atoms with Crippen molar-refractivity contribution in [3.63, 3.8) is 0 Å². The quantitative estimate of drug-likeness (QED) is 0.778. The van der Waals surface area contributed by atoms with E-state index < -0.39 is 0 Å². The van der Waals surface area contributed by atoms with Crippen LogP contribution in [0.15, 0.2) is 0 Å². The summed E-state index contributed by atoms with van der Waals surface area (Å²) in [4.78, 5) is 13.6. The Morgan fingerprint density at radius 1 is 1.33 bits per heavy atom. The molecule has 0 aromatic rings. The monoisotopic (exact) mass is 255 g/mol. The lowest BCUT2D eigenvalue weighted by Crippen LogP contribution is -2.64. The summed E-state index contributed by atoms with van der Waals surface area (Å²) in [5.74, 6) is 0.797. The van der Waals surface area contributed by atoms with Gasteiger partial charge < -0.3 is 14.4 Å². The number of nitrogens with zero attached hydrogens (tertiary/aromatic N) is 1. The molecule has 4 nitrogen and oxygen atoms in total. The molecule has 0 atom stereocenters. The summed E-state index contributed by atoms with van der Waals surface area (Å²) in [6.07, 6.45) is 3.49. The van der Waals surface area contributed by atoms with E-state index in [4.69, 9.17) is 9.47 Å². The van der Waals surface area contributed by atoms with Crippen LogP contribution < -0.4 is 0 Å². The number of methoxy groups -OCH3 is 1. The Hall–Kier alpha value is -0.770. The highest BCUT2D eigenvalue weighted by Crippen LogP contribution is 2.53. The molecule has 0 aromatic carbocycles. The van der Waals surface area contributed by atoms with Crippen LogP contribution in [0.3, 0.4) is 0 Å². The van der Waals surface area contributed by atoms with Gasteiger partial charge in [0.05, 0.1) is 0 Å². The summed E-state index contributed by atoms with van der Waals surface area (Å²) in [7, 11) is 1.75. The lowest BCUT2D eigenvalue weighted by Gasteiger charge is -2.58. The third-order valence-corrected chi connectivity index (χ3v) is 3.88. The van der Waals surface area contributed by atoms with Gasteiger partial charge in [0.15, 0.2) is 0 Å². The van der Waals surface area contributed by atoms with Crippen molar-refractivity contribution < 1.29 is 14.3 Å². The zero-order valence-electron chi connectivity index (χ0n) is 12.0. The van der Waals surface area contributed by atoms with E-state index in [1.807, 2.05) is 25.7 Å².